The maximum atomic E-state index is 6.01. The maximum Gasteiger partial charge on any atom is 0.163 e. The predicted octanol–water partition coefficient (Wildman–Crippen LogP) is 4.19. The Labute approximate surface area is 199 Å². The van der Waals surface area contributed by atoms with E-state index in [1.54, 1.807) is 18.0 Å². The summed E-state index contributed by atoms with van der Waals surface area (Å²) in [5.41, 5.74) is 5.66. The molecule has 34 heavy (non-hydrogen) atoms. The van der Waals surface area contributed by atoms with Crippen LogP contribution in [0.3, 0.4) is 0 Å². The van der Waals surface area contributed by atoms with Gasteiger partial charge in [0.2, 0.25) is 0 Å². The topological polar surface area (TPSA) is 77.3 Å². The van der Waals surface area contributed by atoms with Crippen LogP contribution in [0, 0.1) is 5.92 Å². The number of hydrogen-bond acceptors (Lipinski definition) is 7. The lowest BCUT2D eigenvalue weighted by molar-refractivity contribution is 0.295. The second-order valence-corrected chi connectivity index (χ2v) is 8.67. The number of anilines is 2. The van der Waals surface area contributed by atoms with Gasteiger partial charge in [-0.1, -0.05) is 0 Å². The minimum absolute atomic E-state index is 0.571. The number of fused-ring (bicyclic) bond motifs is 1. The van der Waals surface area contributed by atoms with Crippen LogP contribution in [0.2, 0.25) is 0 Å². The molecule has 1 aliphatic rings. The summed E-state index contributed by atoms with van der Waals surface area (Å²) in [6, 6.07) is 12.4. The Hall–Kier alpha value is -3.65. The molecule has 0 amide bonds. The van der Waals surface area contributed by atoms with Gasteiger partial charge in [0, 0.05) is 49.3 Å². The van der Waals surface area contributed by atoms with Crippen LogP contribution in [0.15, 0.2) is 55.0 Å². The van der Waals surface area contributed by atoms with E-state index in [2.05, 4.69) is 44.6 Å². The third-order valence-corrected chi connectivity index (χ3v) is 6.04. The average Bonchev–Trinajstić information content (AvgIpc) is 3.59. The number of ether oxygens (including phenoxy) is 2. The summed E-state index contributed by atoms with van der Waals surface area (Å²) >= 11 is 0. The molecule has 8 heteroatoms. The van der Waals surface area contributed by atoms with Crippen molar-refractivity contribution >= 4 is 22.4 Å². The van der Waals surface area contributed by atoms with Crippen LogP contribution in [-0.4, -0.2) is 53.6 Å². The Kier molecular flexibility index (Phi) is 6.31. The summed E-state index contributed by atoms with van der Waals surface area (Å²) < 4.78 is 13.3. The van der Waals surface area contributed by atoms with E-state index in [9.17, 15) is 0 Å². The van der Waals surface area contributed by atoms with Gasteiger partial charge in [-0.15, -0.1) is 0 Å². The molecule has 4 aromatic rings. The number of aryl methyl sites for hydroxylation is 1. The molecule has 0 unspecified atom stereocenters. The molecule has 2 aromatic heterocycles. The third-order valence-electron chi connectivity index (χ3n) is 6.04. The highest BCUT2D eigenvalue weighted by Crippen LogP contribution is 2.39. The Morgan fingerprint density at radius 2 is 1.88 bits per heavy atom. The summed E-state index contributed by atoms with van der Waals surface area (Å²) in [6.07, 6.45) is 8.09. The fourth-order valence-electron chi connectivity index (χ4n) is 3.99. The van der Waals surface area contributed by atoms with Crippen LogP contribution in [0.4, 0.5) is 11.4 Å². The van der Waals surface area contributed by atoms with Gasteiger partial charge in [0.25, 0.3) is 0 Å². The number of hydrogen-bond donors (Lipinski definition) is 1. The quantitative estimate of drug-likeness (QED) is 0.357. The van der Waals surface area contributed by atoms with Crippen LogP contribution in [0.5, 0.6) is 11.5 Å². The van der Waals surface area contributed by atoms with E-state index in [0.717, 1.165) is 58.3 Å². The zero-order chi connectivity index (χ0) is 23.5. The normalized spacial score (nSPS) is 13.3. The Balaban J connectivity index is 1.51. The number of likely N-dealkylation sites (N-methyl/N-ethyl adjacent to an activating group) is 1. The van der Waals surface area contributed by atoms with Crippen molar-refractivity contribution in [3.8, 4) is 22.8 Å². The second kappa shape index (κ2) is 9.69. The van der Waals surface area contributed by atoms with Crippen molar-refractivity contribution < 1.29 is 9.47 Å². The minimum atomic E-state index is 0.571. The molecule has 1 fully saturated rings. The molecule has 5 rings (SSSR count). The highest BCUT2D eigenvalue weighted by Gasteiger charge is 2.26. The van der Waals surface area contributed by atoms with Gasteiger partial charge in [-0.25, -0.2) is 4.98 Å². The average molecular weight is 459 g/mol. The van der Waals surface area contributed by atoms with Gasteiger partial charge in [0.15, 0.2) is 11.5 Å². The monoisotopic (exact) mass is 458 g/mol. The smallest absolute Gasteiger partial charge is 0.163 e. The highest BCUT2D eigenvalue weighted by molar-refractivity contribution is 5.82. The first-order valence-electron chi connectivity index (χ1n) is 11.6. The predicted molar refractivity (Wildman–Crippen MR) is 134 cm³/mol. The summed E-state index contributed by atoms with van der Waals surface area (Å²) in [5.74, 6) is 2.17. The number of nitrogens with one attached hydrogen (secondary N) is 1. The van der Waals surface area contributed by atoms with Gasteiger partial charge in [0.1, 0.15) is 6.61 Å². The van der Waals surface area contributed by atoms with Crippen molar-refractivity contribution in [2.75, 3.05) is 38.8 Å². The van der Waals surface area contributed by atoms with E-state index in [-0.39, 0.29) is 0 Å². The van der Waals surface area contributed by atoms with Gasteiger partial charge in [-0.3, -0.25) is 9.67 Å². The molecule has 0 spiro atoms. The SMILES string of the molecule is CNCCOc1cc(N(CC2CC2)c2ccc3ncc(-c4cnn(C)c4)nc3c2)ccc1OC. The number of rotatable bonds is 10. The van der Waals surface area contributed by atoms with E-state index >= 15 is 0 Å². The van der Waals surface area contributed by atoms with E-state index in [4.69, 9.17) is 14.5 Å². The number of aromatic nitrogens is 4. The van der Waals surface area contributed by atoms with Crippen molar-refractivity contribution in [2.45, 2.75) is 12.8 Å². The lowest BCUT2D eigenvalue weighted by atomic mass is 10.1. The summed E-state index contributed by atoms with van der Waals surface area (Å²) in [4.78, 5) is 11.9. The number of methoxy groups -OCH3 is 1. The molecule has 176 valence electrons. The molecule has 1 saturated carbocycles. The molecule has 8 nitrogen and oxygen atoms in total. The first-order valence-corrected chi connectivity index (χ1v) is 11.6. The Morgan fingerprint density at radius 1 is 1.06 bits per heavy atom. The first kappa shape index (κ1) is 22.2. The molecule has 0 atom stereocenters. The maximum absolute atomic E-state index is 6.01. The van der Waals surface area contributed by atoms with Crippen molar-refractivity contribution in [1.29, 1.82) is 0 Å². The van der Waals surface area contributed by atoms with Crippen LogP contribution >= 0.6 is 0 Å². The molecule has 2 heterocycles. The van der Waals surface area contributed by atoms with Gasteiger partial charge in [-0.2, -0.15) is 5.10 Å². The highest BCUT2D eigenvalue weighted by atomic mass is 16.5. The van der Waals surface area contributed by atoms with Crippen molar-refractivity contribution in [3.63, 3.8) is 0 Å². The van der Waals surface area contributed by atoms with Gasteiger partial charge in [0.05, 0.1) is 36.2 Å². The number of nitrogens with zero attached hydrogens (tertiary/aromatic N) is 5. The largest absolute Gasteiger partial charge is 0.493 e. The fourth-order valence-corrected chi connectivity index (χ4v) is 3.99. The van der Waals surface area contributed by atoms with E-state index in [1.807, 2.05) is 38.6 Å². The standard InChI is InChI=1S/C26H30N6O2/c1-27-10-11-34-26-13-21(7-9-25(26)33-3)32(16-18-4-5-18)20-6-8-22-23(12-20)30-24(15-28-22)19-14-29-31(2)17-19/h6-9,12-15,17-18,27H,4-5,10-11,16H2,1-3H3. The van der Waals surface area contributed by atoms with Crippen molar-refractivity contribution in [1.82, 2.24) is 25.1 Å². The molecular weight excluding hydrogens is 428 g/mol. The van der Waals surface area contributed by atoms with Crippen LogP contribution in [0.25, 0.3) is 22.3 Å². The van der Waals surface area contributed by atoms with Gasteiger partial charge >= 0.3 is 0 Å². The van der Waals surface area contributed by atoms with Crippen LogP contribution in [-0.2, 0) is 7.05 Å². The van der Waals surface area contributed by atoms with Crippen molar-refractivity contribution in [2.24, 2.45) is 13.0 Å². The van der Waals surface area contributed by atoms with Gasteiger partial charge < -0.3 is 19.7 Å². The molecule has 0 saturated heterocycles. The first-order chi connectivity index (χ1) is 16.6. The van der Waals surface area contributed by atoms with Gasteiger partial charge in [-0.05, 0) is 56.1 Å². The zero-order valence-corrected chi connectivity index (χ0v) is 19.9. The lowest BCUT2D eigenvalue weighted by Gasteiger charge is -2.26. The molecule has 0 radical (unpaired) electrons. The Morgan fingerprint density at radius 3 is 2.62 bits per heavy atom. The minimum Gasteiger partial charge on any atom is -0.493 e. The van der Waals surface area contributed by atoms with Crippen LogP contribution < -0.4 is 19.7 Å². The van der Waals surface area contributed by atoms with E-state index < -0.39 is 0 Å². The fraction of sp³-hybridized carbons (Fsp3) is 0.346. The third kappa shape index (κ3) is 4.82. The molecule has 1 aliphatic carbocycles. The molecule has 0 bridgehead atoms. The lowest BCUT2D eigenvalue weighted by Crippen LogP contribution is -2.20. The molecule has 2 aromatic carbocycles. The summed E-state index contributed by atoms with van der Waals surface area (Å²) in [5, 5.41) is 7.38. The van der Waals surface area contributed by atoms with E-state index in [0.29, 0.717) is 12.5 Å². The number of benzene rings is 2. The van der Waals surface area contributed by atoms with E-state index in [1.165, 1.54) is 12.8 Å². The van der Waals surface area contributed by atoms with Crippen LogP contribution in [0.1, 0.15) is 12.8 Å². The van der Waals surface area contributed by atoms with Crippen molar-refractivity contribution in [3.05, 3.63) is 55.0 Å². The molecule has 0 aliphatic heterocycles. The zero-order valence-electron chi connectivity index (χ0n) is 19.9. The summed E-state index contributed by atoms with van der Waals surface area (Å²) in [7, 11) is 5.48. The Bertz CT molecular complexity index is 1280. The molecule has 1 N–H and O–H groups in total. The summed E-state index contributed by atoms with van der Waals surface area (Å²) in [6.45, 7) is 2.28. The second-order valence-electron chi connectivity index (χ2n) is 8.67. The molecular formula is C26H30N6O2.